The van der Waals surface area contributed by atoms with Gasteiger partial charge in [-0.3, -0.25) is 9.36 Å². The van der Waals surface area contributed by atoms with Crippen LogP contribution in [0.3, 0.4) is 0 Å². The van der Waals surface area contributed by atoms with Crippen LogP contribution in [0.25, 0.3) is 38.9 Å². The van der Waals surface area contributed by atoms with Crippen molar-refractivity contribution in [3.8, 4) is 16.8 Å². The summed E-state index contributed by atoms with van der Waals surface area (Å²) in [6.45, 7) is 3.58. The van der Waals surface area contributed by atoms with Gasteiger partial charge in [-0.15, -0.1) is 0 Å². The number of nitrogens with two attached hydrogens (primary N) is 1. The minimum Gasteiger partial charge on any atom is -0.345 e. The molecular formula is C26H21N7O3S. The number of aryl methyl sites for hydroxylation is 2. The molecule has 0 aliphatic carbocycles. The maximum absolute atomic E-state index is 13.8. The predicted molar refractivity (Wildman–Crippen MR) is 139 cm³/mol. The Kier molecular flexibility index (Phi) is 5.07. The molecule has 3 aromatic heterocycles. The third-order valence-electron chi connectivity index (χ3n) is 6.23. The predicted octanol–water partition coefficient (Wildman–Crippen LogP) is 3.72. The molecule has 0 unspecified atom stereocenters. The molecule has 10 nitrogen and oxygen atoms in total. The molecule has 0 spiro atoms. The lowest BCUT2D eigenvalue weighted by Crippen LogP contribution is -2.18. The highest BCUT2D eigenvalue weighted by Gasteiger charge is 2.23. The highest BCUT2D eigenvalue weighted by Crippen LogP contribution is 2.30. The molecule has 3 N–H and O–H groups in total. The second-order valence-electron chi connectivity index (χ2n) is 8.73. The van der Waals surface area contributed by atoms with Crippen molar-refractivity contribution in [1.29, 1.82) is 0 Å². The summed E-state index contributed by atoms with van der Waals surface area (Å²) in [7, 11) is -3.92. The zero-order chi connectivity index (χ0) is 25.9. The number of nitrogens with one attached hydrogen (secondary N) is 1. The monoisotopic (exact) mass is 511 g/mol. The second kappa shape index (κ2) is 8.22. The van der Waals surface area contributed by atoms with Crippen molar-refractivity contribution in [1.82, 2.24) is 29.3 Å². The number of carbonyl (C=O) groups is 1. The van der Waals surface area contributed by atoms with Crippen LogP contribution in [-0.4, -0.2) is 43.6 Å². The summed E-state index contributed by atoms with van der Waals surface area (Å²) in [4.78, 5) is 25.8. The summed E-state index contributed by atoms with van der Waals surface area (Å²) in [6, 6.07) is 19.1. The van der Waals surface area contributed by atoms with Gasteiger partial charge in [0.2, 0.25) is 10.0 Å². The third kappa shape index (κ3) is 3.81. The molecule has 6 aromatic rings. The topological polar surface area (TPSA) is 142 Å². The largest absolute Gasteiger partial charge is 0.345 e. The number of primary sulfonamides is 1. The zero-order valence-electron chi connectivity index (χ0n) is 19.9. The van der Waals surface area contributed by atoms with Gasteiger partial charge in [-0.2, -0.15) is 5.10 Å². The minimum atomic E-state index is -3.92. The average molecular weight is 512 g/mol. The number of aromatic amines is 1. The van der Waals surface area contributed by atoms with E-state index in [-0.39, 0.29) is 10.8 Å². The molecule has 11 heteroatoms. The lowest BCUT2D eigenvalue weighted by atomic mass is 10.1. The van der Waals surface area contributed by atoms with Crippen LogP contribution in [0, 0.1) is 13.8 Å². The van der Waals surface area contributed by atoms with Crippen molar-refractivity contribution in [3.63, 3.8) is 0 Å². The summed E-state index contributed by atoms with van der Waals surface area (Å²) in [5.41, 5.74) is 5.67. The van der Waals surface area contributed by atoms with E-state index < -0.39 is 10.0 Å². The summed E-state index contributed by atoms with van der Waals surface area (Å²) >= 11 is 0. The van der Waals surface area contributed by atoms with Crippen molar-refractivity contribution in [3.05, 3.63) is 90.3 Å². The first-order valence-electron chi connectivity index (χ1n) is 11.4. The molecular weight excluding hydrogens is 490 g/mol. The number of hydrogen-bond donors (Lipinski definition) is 2. The number of aromatic nitrogens is 6. The van der Waals surface area contributed by atoms with Gasteiger partial charge in [-0.05, 0) is 61.9 Å². The van der Waals surface area contributed by atoms with Crippen LogP contribution in [0.5, 0.6) is 0 Å². The van der Waals surface area contributed by atoms with Gasteiger partial charge in [0.15, 0.2) is 0 Å². The molecule has 0 bridgehead atoms. The fourth-order valence-electron chi connectivity index (χ4n) is 4.60. The minimum absolute atomic E-state index is 0.0233. The molecule has 0 aliphatic rings. The quantitative estimate of drug-likeness (QED) is 0.369. The van der Waals surface area contributed by atoms with Crippen molar-refractivity contribution in [2.45, 2.75) is 18.7 Å². The first-order valence-corrected chi connectivity index (χ1v) is 12.9. The van der Waals surface area contributed by atoms with Gasteiger partial charge in [-0.1, -0.05) is 24.3 Å². The van der Waals surface area contributed by atoms with Crippen molar-refractivity contribution >= 4 is 38.0 Å². The van der Waals surface area contributed by atoms with E-state index in [1.807, 2.05) is 25.1 Å². The van der Waals surface area contributed by atoms with Gasteiger partial charge in [0.25, 0.3) is 5.91 Å². The van der Waals surface area contributed by atoms with E-state index in [0.717, 1.165) is 16.7 Å². The SMILES string of the molecule is Cc1cc(C(=O)n2c(C)nc3cc(-c4ccccc4S(N)(=O)=O)ccc32)n(-c2ccc3nc[nH]c3c2)n1. The van der Waals surface area contributed by atoms with Crippen LogP contribution in [0.1, 0.15) is 22.0 Å². The fraction of sp³-hybridized carbons (Fsp3) is 0.0769. The smallest absolute Gasteiger partial charge is 0.282 e. The van der Waals surface area contributed by atoms with Crippen LogP contribution >= 0.6 is 0 Å². The highest BCUT2D eigenvalue weighted by atomic mass is 32.2. The number of rotatable bonds is 4. The number of imidazole rings is 2. The van der Waals surface area contributed by atoms with Crippen molar-refractivity contribution in [2.75, 3.05) is 0 Å². The Balaban J connectivity index is 1.46. The Bertz CT molecular complexity index is 1960. The van der Waals surface area contributed by atoms with Crippen molar-refractivity contribution in [2.24, 2.45) is 5.14 Å². The van der Waals surface area contributed by atoms with Crippen LogP contribution in [0.2, 0.25) is 0 Å². The van der Waals surface area contributed by atoms with Crippen LogP contribution in [-0.2, 0) is 10.0 Å². The Morgan fingerprint density at radius 3 is 2.59 bits per heavy atom. The van der Waals surface area contributed by atoms with Gasteiger partial charge in [-0.25, -0.2) is 28.2 Å². The molecule has 37 heavy (non-hydrogen) atoms. The lowest BCUT2D eigenvalue weighted by Gasteiger charge is -2.10. The highest BCUT2D eigenvalue weighted by molar-refractivity contribution is 7.89. The molecule has 0 saturated carbocycles. The van der Waals surface area contributed by atoms with E-state index in [0.29, 0.717) is 39.4 Å². The Labute approximate surface area is 211 Å². The van der Waals surface area contributed by atoms with Gasteiger partial charge in [0.1, 0.15) is 11.5 Å². The summed E-state index contributed by atoms with van der Waals surface area (Å²) in [5, 5.41) is 9.98. The molecule has 0 radical (unpaired) electrons. The Morgan fingerprint density at radius 2 is 1.78 bits per heavy atom. The molecule has 0 saturated heterocycles. The van der Waals surface area contributed by atoms with Gasteiger partial charge >= 0.3 is 0 Å². The number of nitrogens with zero attached hydrogens (tertiary/aromatic N) is 5. The van der Waals surface area contributed by atoms with E-state index in [1.54, 1.807) is 60.4 Å². The second-order valence-corrected chi connectivity index (χ2v) is 10.3. The van der Waals surface area contributed by atoms with E-state index in [1.165, 1.54) is 10.6 Å². The first-order chi connectivity index (χ1) is 17.7. The molecule has 0 fully saturated rings. The molecule has 0 atom stereocenters. The molecule has 0 aliphatic heterocycles. The number of benzene rings is 3. The van der Waals surface area contributed by atoms with E-state index in [9.17, 15) is 13.2 Å². The Morgan fingerprint density at radius 1 is 0.973 bits per heavy atom. The van der Waals surface area contributed by atoms with E-state index in [2.05, 4.69) is 20.1 Å². The molecule has 0 amide bonds. The summed E-state index contributed by atoms with van der Waals surface area (Å²) < 4.78 is 27.4. The lowest BCUT2D eigenvalue weighted by molar-refractivity contribution is 0.0954. The third-order valence-corrected chi connectivity index (χ3v) is 7.20. The summed E-state index contributed by atoms with van der Waals surface area (Å²) in [5.74, 6) is 0.203. The number of carbonyl (C=O) groups excluding carboxylic acids is 1. The average Bonchev–Trinajstić information content (AvgIpc) is 3.58. The van der Waals surface area contributed by atoms with Gasteiger partial charge in [0, 0.05) is 5.56 Å². The molecule has 6 rings (SSSR count). The molecule has 184 valence electrons. The zero-order valence-corrected chi connectivity index (χ0v) is 20.7. The number of H-pyrrole nitrogens is 1. The Hall–Kier alpha value is -4.61. The fourth-order valence-corrected chi connectivity index (χ4v) is 5.36. The number of sulfonamides is 1. The normalized spacial score (nSPS) is 12.0. The van der Waals surface area contributed by atoms with E-state index >= 15 is 0 Å². The maximum Gasteiger partial charge on any atom is 0.282 e. The van der Waals surface area contributed by atoms with Crippen molar-refractivity contribution < 1.29 is 13.2 Å². The van der Waals surface area contributed by atoms with Gasteiger partial charge < -0.3 is 4.98 Å². The standard InChI is InChI=1S/C26H21N7O3S/c1-15-11-24(33(31-15)18-8-9-20-21(13-18)29-14-28-20)26(34)32-16(2)30-22-12-17(7-10-23(22)32)19-5-3-4-6-25(19)37(27,35)36/h3-14H,1-2H3,(H,28,29)(H2,27,35,36). The molecule has 3 heterocycles. The summed E-state index contributed by atoms with van der Waals surface area (Å²) in [6.07, 6.45) is 1.62. The van der Waals surface area contributed by atoms with Crippen LogP contribution in [0.4, 0.5) is 0 Å². The first kappa shape index (κ1) is 22.8. The molecule has 3 aromatic carbocycles. The van der Waals surface area contributed by atoms with Gasteiger partial charge in [0.05, 0.1) is 44.7 Å². The van der Waals surface area contributed by atoms with E-state index in [4.69, 9.17) is 5.14 Å². The number of fused-ring (bicyclic) bond motifs is 2. The maximum atomic E-state index is 13.8. The van der Waals surface area contributed by atoms with Crippen LogP contribution < -0.4 is 5.14 Å². The number of hydrogen-bond acceptors (Lipinski definition) is 6. The van der Waals surface area contributed by atoms with Crippen LogP contribution in [0.15, 0.2) is 78.0 Å².